The van der Waals surface area contributed by atoms with Gasteiger partial charge in [0.15, 0.2) is 0 Å². The third-order valence-electron chi connectivity index (χ3n) is 4.22. The molecule has 0 saturated carbocycles. The maximum absolute atomic E-state index is 12.7. The summed E-state index contributed by atoms with van der Waals surface area (Å²) in [5.41, 5.74) is 5.80. The van der Waals surface area contributed by atoms with Crippen molar-refractivity contribution in [2.24, 2.45) is 5.73 Å². The standard InChI is InChI=1S/C20H16F3N3O2/c21-20(22,23)14-7-5-12(6-8-14)16(10-18(24)27)19(28)26-15-9-13-3-1-2-4-17(13)25-11-15/h1-9,11,16H,10H2,(H2,24,27)(H,26,28). The lowest BCUT2D eigenvalue weighted by Crippen LogP contribution is -2.26. The van der Waals surface area contributed by atoms with Gasteiger partial charge in [-0.3, -0.25) is 14.6 Å². The molecule has 8 heteroatoms. The van der Waals surface area contributed by atoms with Crippen LogP contribution in [0.1, 0.15) is 23.5 Å². The zero-order valence-corrected chi connectivity index (χ0v) is 14.5. The van der Waals surface area contributed by atoms with Crippen molar-refractivity contribution in [3.63, 3.8) is 0 Å². The van der Waals surface area contributed by atoms with Crippen LogP contribution in [0.4, 0.5) is 18.9 Å². The first-order chi connectivity index (χ1) is 13.2. The lowest BCUT2D eigenvalue weighted by Gasteiger charge is -2.17. The molecule has 5 nitrogen and oxygen atoms in total. The Kier molecular flexibility index (Phi) is 5.30. The highest BCUT2D eigenvalue weighted by Gasteiger charge is 2.31. The van der Waals surface area contributed by atoms with Crippen molar-refractivity contribution in [1.82, 2.24) is 4.98 Å². The number of nitrogens with two attached hydrogens (primary N) is 1. The van der Waals surface area contributed by atoms with Gasteiger partial charge in [0.2, 0.25) is 11.8 Å². The van der Waals surface area contributed by atoms with Crippen molar-refractivity contribution in [2.75, 3.05) is 5.32 Å². The molecular formula is C20H16F3N3O2. The van der Waals surface area contributed by atoms with E-state index in [1.54, 1.807) is 6.07 Å². The number of para-hydroxylation sites is 1. The molecule has 0 saturated heterocycles. The van der Waals surface area contributed by atoms with Gasteiger partial charge in [0.25, 0.3) is 0 Å². The number of nitrogens with zero attached hydrogens (tertiary/aromatic N) is 1. The van der Waals surface area contributed by atoms with Crippen molar-refractivity contribution < 1.29 is 22.8 Å². The molecule has 0 aliphatic heterocycles. The molecule has 0 aliphatic carbocycles. The molecule has 2 aromatic carbocycles. The van der Waals surface area contributed by atoms with Gasteiger partial charge in [-0.15, -0.1) is 0 Å². The van der Waals surface area contributed by atoms with E-state index < -0.39 is 29.5 Å². The Morgan fingerprint density at radius 2 is 1.75 bits per heavy atom. The van der Waals surface area contributed by atoms with Crippen LogP contribution in [0.2, 0.25) is 0 Å². The van der Waals surface area contributed by atoms with E-state index in [9.17, 15) is 22.8 Å². The van der Waals surface area contributed by atoms with Crippen LogP contribution in [-0.2, 0) is 15.8 Å². The van der Waals surface area contributed by atoms with Gasteiger partial charge in [-0.05, 0) is 29.8 Å². The van der Waals surface area contributed by atoms with Crippen LogP contribution >= 0.6 is 0 Å². The lowest BCUT2D eigenvalue weighted by atomic mass is 9.93. The fourth-order valence-corrected chi connectivity index (χ4v) is 2.84. The van der Waals surface area contributed by atoms with Gasteiger partial charge in [-0.1, -0.05) is 30.3 Å². The number of amides is 2. The molecule has 3 N–H and O–H groups in total. The summed E-state index contributed by atoms with van der Waals surface area (Å²) in [7, 11) is 0. The number of rotatable bonds is 5. The van der Waals surface area contributed by atoms with E-state index in [4.69, 9.17) is 5.73 Å². The number of fused-ring (bicyclic) bond motifs is 1. The number of aromatic nitrogens is 1. The first-order valence-corrected chi connectivity index (χ1v) is 8.35. The fourth-order valence-electron chi connectivity index (χ4n) is 2.84. The Morgan fingerprint density at radius 1 is 1.07 bits per heavy atom. The molecule has 28 heavy (non-hydrogen) atoms. The molecule has 1 aromatic heterocycles. The lowest BCUT2D eigenvalue weighted by molar-refractivity contribution is -0.137. The van der Waals surface area contributed by atoms with E-state index in [2.05, 4.69) is 10.3 Å². The number of pyridine rings is 1. The minimum Gasteiger partial charge on any atom is -0.370 e. The Morgan fingerprint density at radius 3 is 2.39 bits per heavy atom. The van der Waals surface area contributed by atoms with Gasteiger partial charge in [0.1, 0.15) is 0 Å². The average molecular weight is 387 g/mol. The zero-order valence-electron chi connectivity index (χ0n) is 14.5. The number of anilines is 1. The normalized spacial score (nSPS) is 12.5. The number of nitrogens with one attached hydrogen (secondary N) is 1. The molecule has 0 aliphatic rings. The van der Waals surface area contributed by atoms with Crippen LogP contribution < -0.4 is 11.1 Å². The van der Waals surface area contributed by atoms with E-state index in [0.717, 1.165) is 23.0 Å². The third kappa shape index (κ3) is 4.46. The molecule has 1 atom stereocenters. The molecule has 1 unspecified atom stereocenters. The highest BCUT2D eigenvalue weighted by molar-refractivity contribution is 5.99. The molecule has 2 amide bonds. The quantitative estimate of drug-likeness (QED) is 0.697. The first-order valence-electron chi connectivity index (χ1n) is 8.35. The SMILES string of the molecule is NC(=O)CC(C(=O)Nc1cnc2ccccc2c1)c1ccc(C(F)(F)F)cc1. The number of alkyl halides is 3. The molecule has 144 valence electrons. The Labute approximate surface area is 158 Å². The van der Waals surface area contributed by atoms with E-state index >= 15 is 0 Å². The number of primary amides is 1. The number of halogens is 3. The monoisotopic (exact) mass is 387 g/mol. The molecular weight excluding hydrogens is 371 g/mol. The number of carbonyl (C=O) groups excluding carboxylic acids is 2. The highest BCUT2D eigenvalue weighted by Crippen LogP contribution is 2.31. The molecule has 0 bridgehead atoms. The van der Waals surface area contributed by atoms with E-state index in [1.807, 2.05) is 24.3 Å². The topological polar surface area (TPSA) is 85.1 Å². The molecule has 0 radical (unpaired) electrons. The second-order valence-electron chi connectivity index (χ2n) is 6.25. The van der Waals surface area contributed by atoms with Crippen LogP contribution in [0.25, 0.3) is 10.9 Å². The Bertz CT molecular complexity index is 1020. The van der Waals surface area contributed by atoms with Crippen molar-refractivity contribution in [2.45, 2.75) is 18.5 Å². The van der Waals surface area contributed by atoms with E-state index in [0.29, 0.717) is 5.69 Å². The van der Waals surface area contributed by atoms with Crippen molar-refractivity contribution in [3.05, 3.63) is 71.9 Å². The van der Waals surface area contributed by atoms with Gasteiger partial charge in [0.05, 0.1) is 28.9 Å². The second-order valence-corrected chi connectivity index (χ2v) is 6.25. The van der Waals surface area contributed by atoms with Crippen molar-refractivity contribution in [1.29, 1.82) is 0 Å². The van der Waals surface area contributed by atoms with Crippen LogP contribution in [0.15, 0.2) is 60.8 Å². The van der Waals surface area contributed by atoms with Crippen LogP contribution in [-0.4, -0.2) is 16.8 Å². The number of benzene rings is 2. The summed E-state index contributed by atoms with van der Waals surface area (Å²) in [5.74, 6) is -2.32. The number of hydrogen-bond acceptors (Lipinski definition) is 3. The Balaban J connectivity index is 1.85. The summed E-state index contributed by atoms with van der Waals surface area (Å²) in [6.07, 6.45) is -3.36. The summed E-state index contributed by atoms with van der Waals surface area (Å²) in [6, 6.07) is 13.1. The van der Waals surface area contributed by atoms with Gasteiger partial charge < -0.3 is 11.1 Å². The maximum atomic E-state index is 12.7. The summed E-state index contributed by atoms with van der Waals surface area (Å²) < 4.78 is 38.2. The van der Waals surface area contributed by atoms with Crippen LogP contribution in [0, 0.1) is 0 Å². The highest BCUT2D eigenvalue weighted by atomic mass is 19.4. The van der Waals surface area contributed by atoms with Crippen LogP contribution in [0.5, 0.6) is 0 Å². The average Bonchev–Trinajstić information content (AvgIpc) is 2.65. The fraction of sp³-hybridized carbons (Fsp3) is 0.150. The number of carbonyl (C=O) groups is 2. The first kappa shape index (κ1) is 19.3. The van der Waals surface area contributed by atoms with Crippen LogP contribution in [0.3, 0.4) is 0 Å². The van der Waals surface area contributed by atoms with Crippen molar-refractivity contribution in [3.8, 4) is 0 Å². The zero-order chi connectivity index (χ0) is 20.3. The summed E-state index contributed by atoms with van der Waals surface area (Å²) in [4.78, 5) is 28.3. The van der Waals surface area contributed by atoms with Gasteiger partial charge in [-0.25, -0.2) is 0 Å². The maximum Gasteiger partial charge on any atom is 0.416 e. The summed E-state index contributed by atoms with van der Waals surface area (Å²) in [6.45, 7) is 0. The summed E-state index contributed by atoms with van der Waals surface area (Å²) >= 11 is 0. The van der Waals surface area contributed by atoms with Crippen molar-refractivity contribution >= 4 is 28.4 Å². The third-order valence-corrected chi connectivity index (χ3v) is 4.22. The Hall–Kier alpha value is -3.42. The molecule has 3 rings (SSSR count). The summed E-state index contributed by atoms with van der Waals surface area (Å²) in [5, 5.41) is 3.46. The largest absolute Gasteiger partial charge is 0.416 e. The van der Waals surface area contributed by atoms with Gasteiger partial charge in [0, 0.05) is 11.8 Å². The molecule has 1 heterocycles. The van der Waals surface area contributed by atoms with E-state index in [-0.39, 0.29) is 12.0 Å². The van der Waals surface area contributed by atoms with Gasteiger partial charge >= 0.3 is 6.18 Å². The predicted octanol–water partition coefficient (Wildman–Crippen LogP) is 3.85. The molecule has 3 aromatic rings. The predicted molar refractivity (Wildman–Crippen MR) is 98.4 cm³/mol. The minimum absolute atomic E-state index is 0.262. The second kappa shape index (κ2) is 7.67. The van der Waals surface area contributed by atoms with E-state index in [1.165, 1.54) is 18.3 Å². The smallest absolute Gasteiger partial charge is 0.370 e. The molecule has 0 spiro atoms. The van der Waals surface area contributed by atoms with Gasteiger partial charge in [-0.2, -0.15) is 13.2 Å². The molecule has 0 fully saturated rings. The minimum atomic E-state index is -4.49. The number of hydrogen-bond donors (Lipinski definition) is 2.